The standard InChI is InChI=1S/C16H13N3OS/c1-12(9-13-5-3-2-4-6-13)10-14(11-17)15(20)19-16-18-7-8-21-16/h2-10H,1H3,(H,18,19,20)/b12-9-,14-10+. The molecule has 0 aliphatic carbocycles. The second-order valence-electron chi connectivity index (χ2n) is 4.26. The molecule has 0 unspecified atom stereocenters. The zero-order valence-electron chi connectivity index (χ0n) is 11.4. The van der Waals surface area contributed by atoms with E-state index < -0.39 is 5.91 Å². The Kier molecular flexibility index (Phi) is 5.02. The van der Waals surface area contributed by atoms with Crippen LogP contribution in [0.5, 0.6) is 0 Å². The van der Waals surface area contributed by atoms with Gasteiger partial charge in [-0.15, -0.1) is 11.3 Å². The molecule has 0 saturated heterocycles. The molecule has 4 nitrogen and oxygen atoms in total. The molecule has 0 radical (unpaired) electrons. The minimum atomic E-state index is -0.451. The van der Waals surface area contributed by atoms with Crippen LogP contribution in [0.1, 0.15) is 12.5 Å². The quantitative estimate of drug-likeness (QED) is 0.532. The summed E-state index contributed by atoms with van der Waals surface area (Å²) in [5, 5.41) is 13.9. The van der Waals surface area contributed by atoms with Crippen LogP contribution in [0.25, 0.3) is 6.08 Å². The predicted molar refractivity (Wildman–Crippen MR) is 84.5 cm³/mol. The highest BCUT2D eigenvalue weighted by Crippen LogP contribution is 2.13. The van der Waals surface area contributed by atoms with Gasteiger partial charge in [-0.05, 0) is 24.1 Å². The number of thiazole rings is 1. The van der Waals surface area contributed by atoms with Crippen molar-refractivity contribution in [2.45, 2.75) is 6.92 Å². The smallest absolute Gasteiger partial charge is 0.268 e. The molecule has 21 heavy (non-hydrogen) atoms. The number of carbonyl (C=O) groups excluding carboxylic acids is 1. The third-order valence-electron chi connectivity index (χ3n) is 2.58. The zero-order valence-corrected chi connectivity index (χ0v) is 12.2. The van der Waals surface area contributed by atoms with E-state index in [0.717, 1.165) is 11.1 Å². The van der Waals surface area contributed by atoms with Gasteiger partial charge in [0.1, 0.15) is 11.6 Å². The Balaban J connectivity index is 2.15. The van der Waals surface area contributed by atoms with Crippen LogP contribution in [0.2, 0.25) is 0 Å². The van der Waals surface area contributed by atoms with Crippen molar-refractivity contribution in [3.63, 3.8) is 0 Å². The van der Waals surface area contributed by atoms with Gasteiger partial charge in [0.25, 0.3) is 5.91 Å². The van der Waals surface area contributed by atoms with Crippen LogP contribution >= 0.6 is 11.3 Å². The number of nitrogens with zero attached hydrogens (tertiary/aromatic N) is 2. The number of carbonyl (C=O) groups is 1. The summed E-state index contributed by atoms with van der Waals surface area (Å²) in [6.07, 6.45) is 5.07. The minimum Gasteiger partial charge on any atom is -0.297 e. The van der Waals surface area contributed by atoms with Gasteiger partial charge in [-0.1, -0.05) is 36.4 Å². The van der Waals surface area contributed by atoms with Gasteiger partial charge in [0.2, 0.25) is 0 Å². The molecule has 2 rings (SSSR count). The molecule has 0 spiro atoms. The molecule has 1 amide bonds. The van der Waals surface area contributed by atoms with Crippen molar-refractivity contribution in [3.8, 4) is 6.07 Å². The zero-order chi connectivity index (χ0) is 15.1. The largest absolute Gasteiger partial charge is 0.297 e. The molecule has 1 aromatic heterocycles. The summed E-state index contributed by atoms with van der Waals surface area (Å²) in [6, 6.07) is 11.6. The van der Waals surface area contributed by atoms with Crippen molar-refractivity contribution in [2.75, 3.05) is 5.32 Å². The highest BCUT2D eigenvalue weighted by Gasteiger charge is 2.10. The van der Waals surface area contributed by atoms with Gasteiger partial charge in [-0.25, -0.2) is 4.98 Å². The SMILES string of the molecule is CC(=C/c1ccccc1)/C=C(\C#N)C(=O)Nc1nccs1. The number of rotatable bonds is 4. The summed E-state index contributed by atoms with van der Waals surface area (Å²) in [5.41, 5.74) is 1.89. The third kappa shape index (κ3) is 4.41. The maximum absolute atomic E-state index is 12.0. The summed E-state index contributed by atoms with van der Waals surface area (Å²) in [4.78, 5) is 15.9. The Bertz CT molecular complexity index is 710. The molecule has 5 heteroatoms. The first-order valence-corrected chi connectivity index (χ1v) is 7.13. The molecule has 0 fully saturated rings. The van der Waals surface area contributed by atoms with Crippen molar-refractivity contribution in [1.29, 1.82) is 5.26 Å². The fourth-order valence-electron chi connectivity index (χ4n) is 1.68. The molecular weight excluding hydrogens is 282 g/mol. The number of anilines is 1. The van der Waals surface area contributed by atoms with Crippen molar-refractivity contribution in [1.82, 2.24) is 4.98 Å². The number of nitrogens with one attached hydrogen (secondary N) is 1. The van der Waals surface area contributed by atoms with Crippen LogP contribution in [-0.2, 0) is 4.79 Å². The number of hydrogen-bond acceptors (Lipinski definition) is 4. The second-order valence-corrected chi connectivity index (χ2v) is 5.15. The average molecular weight is 295 g/mol. The maximum atomic E-state index is 12.0. The Morgan fingerprint density at radius 1 is 1.38 bits per heavy atom. The van der Waals surface area contributed by atoms with Gasteiger partial charge in [0, 0.05) is 11.6 Å². The molecule has 2 aromatic rings. The average Bonchev–Trinajstić information content (AvgIpc) is 2.98. The molecule has 1 N–H and O–H groups in total. The lowest BCUT2D eigenvalue weighted by molar-refractivity contribution is -0.112. The van der Waals surface area contributed by atoms with Crippen LogP contribution in [0.3, 0.4) is 0 Å². The molecule has 1 heterocycles. The summed E-state index contributed by atoms with van der Waals surface area (Å²) in [7, 11) is 0. The second kappa shape index (κ2) is 7.17. The van der Waals surface area contributed by atoms with E-state index in [-0.39, 0.29) is 5.57 Å². The first kappa shape index (κ1) is 14.7. The summed E-state index contributed by atoms with van der Waals surface area (Å²) >= 11 is 1.31. The number of nitriles is 1. The van der Waals surface area contributed by atoms with Crippen molar-refractivity contribution >= 4 is 28.5 Å². The Morgan fingerprint density at radius 2 is 2.14 bits per heavy atom. The van der Waals surface area contributed by atoms with E-state index in [1.807, 2.05) is 49.4 Å². The highest BCUT2D eigenvalue weighted by atomic mass is 32.1. The van der Waals surface area contributed by atoms with Gasteiger partial charge in [-0.2, -0.15) is 5.26 Å². The Labute approximate surface area is 127 Å². The highest BCUT2D eigenvalue weighted by molar-refractivity contribution is 7.13. The lowest BCUT2D eigenvalue weighted by atomic mass is 10.1. The van der Waals surface area contributed by atoms with E-state index in [2.05, 4.69) is 10.3 Å². The normalized spacial score (nSPS) is 11.8. The lowest BCUT2D eigenvalue weighted by Gasteiger charge is -2.00. The van der Waals surface area contributed by atoms with Gasteiger partial charge < -0.3 is 0 Å². The molecule has 0 atom stereocenters. The first-order valence-electron chi connectivity index (χ1n) is 6.25. The monoisotopic (exact) mass is 295 g/mol. The van der Waals surface area contributed by atoms with Crippen LogP contribution in [0.4, 0.5) is 5.13 Å². The van der Waals surface area contributed by atoms with Crippen molar-refractivity contribution < 1.29 is 4.79 Å². The van der Waals surface area contributed by atoms with E-state index in [0.29, 0.717) is 5.13 Å². The topological polar surface area (TPSA) is 65.8 Å². The third-order valence-corrected chi connectivity index (χ3v) is 3.27. The Hall–Kier alpha value is -2.71. The molecule has 1 aromatic carbocycles. The molecule has 0 saturated carbocycles. The van der Waals surface area contributed by atoms with E-state index in [1.165, 1.54) is 11.3 Å². The number of benzene rings is 1. The summed E-state index contributed by atoms with van der Waals surface area (Å²) in [6.45, 7) is 1.85. The van der Waals surface area contributed by atoms with E-state index in [4.69, 9.17) is 5.26 Å². The van der Waals surface area contributed by atoms with E-state index in [9.17, 15) is 4.79 Å². The van der Waals surface area contributed by atoms with Gasteiger partial charge in [-0.3, -0.25) is 10.1 Å². The van der Waals surface area contributed by atoms with Crippen LogP contribution in [0, 0.1) is 11.3 Å². The Morgan fingerprint density at radius 3 is 2.76 bits per heavy atom. The predicted octanol–water partition coefficient (Wildman–Crippen LogP) is 3.64. The molecule has 0 bridgehead atoms. The number of hydrogen-bond donors (Lipinski definition) is 1. The number of aromatic nitrogens is 1. The van der Waals surface area contributed by atoms with Crippen LogP contribution in [0.15, 0.2) is 59.1 Å². The molecule has 0 aliphatic heterocycles. The van der Waals surface area contributed by atoms with Gasteiger partial charge >= 0.3 is 0 Å². The first-order chi connectivity index (χ1) is 10.2. The van der Waals surface area contributed by atoms with Crippen LogP contribution in [-0.4, -0.2) is 10.9 Å². The minimum absolute atomic E-state index is 0.0508. The van der Waals surface area contributed by atoms with Crippen molar-refractivity contribution in [3.05, 3.63) is 64.7 Å². The molecular formula is C16H13N3OS. The van der Waals surface area contributed by atoms with Crippen molar-refractivity contribution in [2.24, 2.45) is 0 Å². The fraction of sp³-hybridized carbons (Fsp3) is 0.0625. The fourth-order valence-corrected chi connectivity index (χ4v) is 2.20. The lowest BCUT2D eigenvalue weighted by Crippen LogP contribution is -2.13. The van der Waals surface area contributed by atoms with Gasteiger partial charge in [0.15, 0.2) is 5.13 Å². The molecule has 104 valence electrons. The summed E-state index contributed by atoms with van der Waals surface area (Å²) in [5.74, 6) is -0.451. The van der Waals surface area contributed by atoms with E-state index >= 15 is 0 Å². The number of allylic oxidation sites excluding steroid dienone is 2. The van der Waals surface area contributed by atoms with E-state index in [1.54, 1.807) is 17.7 Å². The molecule has 0 aliphatic rings. The summed E-state index contributed by atoms with van der Waals surface area (Å²) < 4.78 is 0. The van der Waals surface area contributed by atoms with Gasteiger partial charge in [0.05, 0.1) is 0 Å². The van der Waals surface area contributed by atoms with Crippen LogP contribution < -0.4 is 5.32 Å². The maximum Gasteiger partial charge on any atom is 0.268 e. The number of amides is 1.